The second kappa shape index (κ2) is 11.0. The van der Waals surface area contributed by atoms with Gasteiger partial charge in [0.15, 0.2) is 0 Å². The van der Waals surface area contributed by atoms with Gasteiger partial charge in [-0.2, -0.15) is 5.10 Å². The summed E-state index contributed by atoms with van der Waals surface area (Å²) in [5.74, 6) is 0. The van der Waals surface area contributed by atoms with E-state index in [1.165, 1.54) is 17.6 Å². The van der Waals surface area contributed by atoms with Crippen LogP contribution in [0.3, 0.4) is 0 Å². The second-order valence-electron chi connectivity index (χ2n) is 10.8. The number of hydrogen-bond donors (Lipinski definition) is 1. The Morgan fingerprint density at radius 3 is 2.72 bits per heavy atom. The van der Waals surface area contributed by atoms with Crippen LogP contribution in [0.2, 0.25) is 0 Å². The molecule has 3 aliphatic carbocycles. The molecule has 5 aliphatic rings. The van der Waals surface area contributed by atoms with Crippen molar-refractivity contribution in [2.75, 3.05) is 6.54 Å². The highest BCUT2D eigenvalue weighted by Gasteiger charge is 2.35. The summed E-state index contributed by atoms with van der Waals surface area (Å²) in [5, 5.41) is 6.85. The summed E-state index contributed by atoms with van der Waals surface area (Å²) in [5.41, 5.74) is 16.6. The molecule has 2 bridgehead atoms. The average Bonchev–Trinajstić information content (AvgIpc) is 3.04. The standard InChI is InChI=1S/C35H36N4/c1-2-26-12-10-16-29(22-26)31-23-37-39-24-32(27-13-6-4-3-5-7-14-27)34(38-33(31)25-39)28-15-8-9-17-30(19-18-28)35(36)20-11-21-35/h2,4,6-7,9-10,12-14,16-19,22-24H,1,3,5,8,11,15,20-21,25,36H2/b6-4-,14-7-,17-9-,27-13+,28-18+,30-19+. The molecular weight excluding hydrogens is 476 g/mol. The zero-order chi connectivity index (χ0) is 26.7. The summed E-state index contributed by atoms with van der Waals surface area (Å²) in [6.07, 6.45) is 33.4. The average molecular weight is 513 g/mol. The molecule has 196 valence electrons. The lowest BCUT2D eigenvalue weighted by Gasteiger charge is -2.39. The van der Waals surface area contributed by atoms with Gasteiger partial charge in [0.1, 0.15) is 0 Å². The van der Waals surface area contributed by atoms with E-state index < -0.39 is 0 Å². The molecule has 1 aromatic carbocycles. The fourth-order valence-electron chi connectivity index (χ4n) is 5.66. The van der Waals surface area contributed by atoms with E-state index >= 15 is 0 Å². The van der Waals surface area contributed by atoms with Gasteiger partial charge in [0.25, 0.3) is 0 Å². The number of hydrogen-bond acceptors (Lipinski definition) is 4. The highest BCUT2D eigenvalue weighted by Crippen LogP contribution is 2.38. The van der Waals surface area contributed by atoms with Gasteiger partial charge in [-0.15, -0.1) is 0 Å². The molecule has 2 aliphatic heterocycles. The molecule has 1 fully saturated rings. The molecular formula is C35H36N4. The second-order valence-corrected chi connectivity index (χ2v) is 10.8. The van der Waals surface area contributed by atoms with E-state index in [-0.39, 0.29) is 5.54 Å². The molecule has 0 unspecified atom stereocenters. The summed E-state index contributed by atoms with van der Waals surface area (Å²) in [7, 11) is 0. The molecule has 6 rings (SSSR count). The van der Waals surface area contributed by atoms with Gasteiger partial charge in [0.2, 0.25) is 0 Å². The van der Waals surface area contributed by atoms with E-state index in [1.807, 2.05) is 17.3 Å². The number of benzene rings is 1. The number of nitrogens with two attached hydrogens (primary N) is 1. The van der Waals surface area contributed by atoms with Crippen LogP contribution in [0.15, 0.2) is 130 Å². The van der Waals surface area contributed by atoms with Crippen molar-refractivity contribution in [3.63, 3.8) is 0 Å². The lowest BCUT2D eigenvalue weighted by Crippen LogP contribution is -2.47. The molecule has 2 heterocycles. The van der Waals surface area contributed by atoms with Gasteiger partial charge in [-0.1, -0.05) is 85.5 Å². The Balaban J connectivity index is 1.51. The summed E-state index contributed by atoms with van der Waals surface area (Å²) in [4.78, 5) is 5.45. The van der Waals surface area contributed by atoms with Crippen molar-refractivity contribution in [3.8, 4) is 0 Å². The minimum Gasteiger partial charge on any atom is -0.321 e. The van der Waals surface area contributed by atoms with E-state index in [2.05, 4.69) is 91.7 Å². The number of hydrazone groups is 1. The van der Waals surface area contributed by atoms with Crippen LogP contribution in [0.25, 0.3) is 11.6 Å². The van der Waals surface area contributed by atoms with Crippen LogP contribution in [-0.4, -0.2) is 29.0 Å². The van der Waals surface area contributed by atoms with Crippen LogP contribution in [-0.2, 0) is 0 Å². The number of rotatable bonds is 5. The van der Waals surface area contributed by atoms with Crippen molar-refractivity contribution in [1.29, 1.82) is 0 Å². The first-order valence-electron chi connectivity index (χ1n) is 14.1. The van der Waals surface area contributed by atoms with Crippen LogP contribution in [0.4, 0.5) is 0 Å². The maximum absolute atomic E-state index is 6.75. The monoisotopic (exact) mass is 512 g/mol. The van der Waals surface area contributed by atoms with Crippen molar-refractivity contribution in [2.24, 2.45) is 15.8 Å². The van der Waals surface area contributed by atoms with Crippen LogP contribution < -0.4 is 5.73 Å². The van der Waals surface area contributed by atoms with E-state index in [0.717, 1.165) is 77.8 Å². The van der Waals surface area contributed by atoms with Gasteiger partial charge in [0, 0.05) is 22.9 Å². The summed E-state index contributed by atoms with van der Waals surface area (Å²) >= 11 is 0. The fraction of sp³-hybridized carbons (Fsp3) is 0.257. The first-order valence-corrected chi connectivity index (χ1v) is 14.1. The third-order valence-corrected chi connectivity index (χ3v) is 8.16. The van der Waals surface area contributed by atoms with Crippen LogP contribution in [0, 0.1) is 0 Å². The predicted octanol–water partition coefficient (Wildman–Crippen LogP) is 7.60. The Labute approximate surface area is 232 Å². The topological polar surface area (TPSA) is 54.0 Å². The van der Waals surface area contributed by atoms with Gasteiger partial charge in [-0.3, -0.25) is 5.01 Å². The molecule has 0 amide bonds. The van der Waals surface area contributed by atoms with Gasteiger partial charge in [-0.05, 0) is 78.9 Å². The number of aliphatic imine (C=N–C) groups is 1. The van der Waals surface area contributed by atoms with Crippen molar-refractivity contribution >= 4 is 23.6 Å². The maximum atomic E-state index is 6.75. The smallest absolute Gasteiger partial charge is 0.0838 e. The van der Waals surface area contributed by atoms with Crippen molar-refractivity contribution in [3.05, 3.63) is 131 Å². The Bertz CT molecular complexity index is 1480. The molecule has 0 aromatic heterocycles. The predicted molar refractivity (Wildman–Crippen MR) is 165 cm³/mol. The van der Waals surface area contributed by atoms with Crippen LogP contribution in [0.5, 0.6) is 0 Å². The number of nitrogens with zero attached hydrogens (tertiary/aromatic N) is 3. The molecule has 0 radical (unpaired) electrons. The molecule has 39 heavy (non-hydrogen) atoms. The third kappa shape index (κ3) is 5.30. The quantitative estimate of drug-likeness (QED) is 0.442. The highest BCUT2D eigenvalue weighted by atomic mass is 15.4. The highest BCUT2D eigenvalue weighted by molar-refractivity contribution is 6.18. The molecule has 1 saturated carbocycles. The maximum Gasteiger partial charge on any atom is 0.0838 e. The van der Waals surface area contributed by atoms with Crippen molar-refractivity contribution < 1.29 is 0 Å². The van der Waals surface area contributed by atoms with Crippen molar-refractivity contribution in [2.45, 2.75) is 50.5 Å². The molecule has 0 spiro atoms. The third-order valence-electron chi connectivity index (χ3n) is 8.16. The molecule has 2 N–H and O–H groups in total. The van der Waals surface area contributed by atoms with Gasteiger partial charge < -0.3 is 5.73 Å². The summed E-state index contributed by atoms with van der Waals surface area (Å²) in [6, 6.07) is 8.43. The molecule has 4 heteroatoms. The first kappa shape index (κ1) is 25.3. The lowest BCUT2D eigenvalue weighted by molar-refractivity contribution is 0.304. The van der Waals surface area contributed by atoms with E-state index in [9.17, 15) is 0 Å². The molecule has 0 atom stereocenters. The number of allylic oxidation sites excluding steroid dienone is 12. The Morgan fingerprint density at radius 2 is 1.87 bits per heavy atom. The summed E-state index contributed by atoms with van der Waals surface area (Å²) in [6.45, 7) is 4.58. The van der Waals surface area contributed by atoms with E-state index in [0.29, 0.717) is 6.54 Å². The van der Waals surface area contributed by atoms with Gasteiger partial charge in [0.05, 0.1) is 24.2 Å². The minimum absolute atomic E-state index is 0.197. The fourth-order valence-corrected chi connectivity index (χ4v) is 5.66. The lowest BCUT2D eigenvalue weighted by atomic mass is 9.71. The Morgan fingerprint density at radius 1 is 1.00 bits per heavy atom. The molecule has 1 aromatic rings. The van der Waals surface area contributed by atoms with Crippen LogP contribution in [0.1, 0.15) is 56.1 Å². The summed E-state index contributed by atoms with van der Waals surface area (Å²) < 4.78 is 0. The van der Waals surface area contributed by atoms with E-state index in [4.69, 9.17) is 15.8 Å². The minimum atomic E-state index is -0.197. The van der Waals surface area contributed by atoms with Gasteiger partial charge >= 0.3 is 0 Å². The first-order chi connectivity index (χ1) is 19.1. The van der Waals surface area contributed by atoms with E-state index in [1.54, 1.807) is 0 Å². The number of fused-ring (bicyclic) bond motifs is 2. The SMILES string of the molecule is C=Cc1cccc(C2=C3CN(C=C(C4=C/C=C\CC/C=C\4)C(/C4=C/C=C(C5(N)CCC5)\C=C/CC4)=N3)N=C2)c1. The van der Waals surface area contributed by atoms with Crippen molar-refractivity contribution in [1.82, 2.24) is 5.01 Å². The van der Waals surface area contributed by atoms with Gasteiger partial charge in [-0.25, -0.2) is 4.99 Å². The Kier molecular flexibility index (Phi) is 7.12. The Hall–Kier alpha value is -4.02. The zero-order valence-electron chi connectivity index (χ0n) is 22.5. The van der Waals surface area contributed by atoms with Crippen LogP contribution >= 0.6 is 0 Å². The largest absolute Gasteiger partial charge is 0.321 e. The zero-order valence-corrected chi connectivity index (χ0v) is 22.5. The molecule has 0 saturated heterocycles. The normalized spacial score (nSPS) is 28.6. The molecule has 4 nitrogen and oxygen atoms in total.